The Kier molecular flexibility index (Phi) is 4.49. The Hall–Kier alpha value is -0.770. The van der Waals surface area contributed by atoms with Crippen molar-refractivity contribution in [2.75, 3.05) is 24.6 Å². The molecule has 1 unspecified atom stereocenters. The molecule has 2 fully saturated rings. The summed E-state index contributed by atoms with van der Waals surface area (Å²) < 4.78 is 5.70. The van der Waals surface area contributed by atoms with Crippen LogP contribution in [-0.4, -0.2) is 31.8 Å². The first-order valence-corrected chi connectivity index (χ1v) is 7.98. The van der Waals surface area contributed by atoms with Crippen LogP contribution in [0.5, 0.6) is 0 Å². The zero-order chi connectivity index (χ0) is 13.9. The highest BCUT2D eigenvalue weighted by atomic mass is 35.5. The maximum Gasteiger partial charge on any atom is 0.0721 e. The summed E-state index contributed by atoms with van der Waals surface area (Å²) in [7, 11) is 0. The van der Waals surface area contributed by atoms with E-state index in [2.05, 4.69) is 35.3 Å². The van der Waals surface area contributed by atoms with Crippen molar-refractivity contribution < 1.29 is 4.74 Å². The van der Waals surface area contributed by atoms with Crippen molar-refractivity contribution >= 4 is 17.3 Å². The minimum absolute atomic E-state index is 0.285. The third-order valence-corrected chi connectivity index (χ3v) is 4.36. The molecule has 0 aromatic heterocycles. The van der Waals surface area contributed by atoms with Crippen LogP contribution in [0, 0.1) is 0 Å². The number of halogens is 1. The van der Waals surface area contributed by atoms with Gasteiger partial charge in [-0.2, -0.15) is 0 Å². The van der Waals surface area contributed by atoms with Gasteiger partial charge in [0, 0.05) is 43.0 Å². The number of nitrogens with zero attached hydrogens (tertiary/aromatic N) is 1. The van der Waals surface area contributed by atoms with Crippen molar-refractivity contribution in [2.24, 2.45) is 0 Å². The van der Waals surface area contributed by atoms with Crippen molar-refractivity contribution in [1.82, 2.24) is 5.32 Å². The van der Waals surface area contributed by atoms with Crippen molar-refractivity contribution in [3.05, 3.63) is 28.8 Å². The van der Waals surface area contributed by atoms with E-state index in [1.807, 2.05) is 0 Å². The van der Waals surface area contributed by atoms with Crippen LogP contribution in [0.1, 0.15) is 31.7 Å². The molecule has 1 saturated heterocycles. The van der Waals surface area contributed by atoms with Gasteiger partial charge in [-0.25, -0.2) is 0 Å². The molecule has 110 valence electrons. The number of nitrogens with one attached hydrogen (secondary N) is 1. The van der Waals surface area contributed by atoms with E-state index in [9.17, 15) is 0 Å². The quantitative estimate of drug-likeness (QED) is 0.923. The highest BCUT2D eigenvalue weighted by Gasteiger charge is 2.21. The Morgan fingerprint density at radius 3 is 3.00 bits per heavy atom. The van der Waals surface area contributed by atoms with Crippen LogP contribution in [0.15, 0.2) is 18.2 Å². The summed E-state index contributed by atoms with van der Waals surface area (Å²) in [4.78, 5) is 2.38. The van der Waals surface area contributed by atoms with Gasteiger partial charge < -0.3 is 15.0 Å². The molecule has 0 amide bonds. The number of ether oxygens (including phenoxy) is 1. The van der Waals surface area contributed by atoms with Gasteiger partial charge in [-0.1, -0.05) is 17.7 Å². The topological polar surface area (TPSA) is 24.5 Å². The Morgan fingerprint density at radius 1 is 1.40 bits per heavy atom. The summed E-state index contributed by atoms with van der Waals surface area (Å²) in [6.45, 7) is 5.85. The lowest BCUT2D eigenvalue weighted by atomic mass is 10.1. The fourth-order valence-electron chi connectivity index (χ4n) is 2.65. The van der Waals surface area contributed by atoms with Crippen molar-refractivity contribution in [1.29, 1.82) is 0 Å². The molecule has 4 heteroatoms. The van der Waals surface area contributed by atoms with Crippen LogP contribution < -0.4 is 10.2 Å². The molecule has 1 aliphatic carbocycles. The predicted octanol–water partition coefficient (Wildman–Crippen LogP) is 3.21. The Balaban J connectivity index is 1.67. The predicted molar refractivity (Wildman–Crippen MR) is 83.6 cm³/mol. The third kappa shape index (κ3) is 3.66. The highest BCUT2D eigenvalue weighted by molar-refractivity contribution is 6.31. The van der Waals surface area contributed by atoms with E-state index in [1.165, 1.54) is 24.1 Å². The molecule has 2 aliphatic rings. The van der Waals surface area contributed by atoms with Gasteiger partial charge in [0.1, 0.15) is 0 Å². The summed E-state index contributed by atoms with van der Waals surface area (Å²) >= 11 is 6.43. The third-order valence-electron chi connectivity index (χ3n) is 4.01. The smallest absolute Gasteiger partial charge is 0.0721 e. The summed E-state index contributed by atoms with van der Waals surface area (Å²) in [5.41, 5.74) is 2.41. The summed E-state index contributed by atoms with van der Waals surface area (Å²) in [6, 6.07) is 7.16. The molecule has 0 spiro atoms. The van der Waals surface area contributed by atoms with E-state index >= 15 is 0 Å². The second-order valence-corrected chi connectivity index (χ2v) is 6.32. The number of benzene rings is 1. The van der Waals surface area contributed by atoms with Crippen molar-refractivity contribution in [2.45, 2.75) is 44.9 Å². The van der Waals surface area contributed by atoms with Gasteiger partial charge in [0.25, 0.3) is 0 Å². The molecule has 3 rings (SSSR count). The average molecular weight is 295 g/mol. The molecule has 1 aliphatic heterocycles. The average Bonchev–Trinajstić information content (AvgIpc) is 3.25. The van der Waals surface area contributed by atoms with Gasteiger partial charge >= 0.3 is 0 Å². The summed E-state index contributed by atoms with van der Waals surface area (Å²) in [5.74, 6) is 0. The second kappa shape index (κ2) is 6.33. The van der Waals surface area contributed by atoms with E-state index in [0.717, 1.165) is 37.7 Å². The van der Waals surface area contributed by atoms with Crippen LogP contribution >= 0.6 is 11.6 Å². The fourth-order valence-corrected chi connectivity index (χ4v) is 2.89. The summed E-state index contributed by atoms with van der Waals surface area (Å²) in [6.07, 6.45) is 3.97. The molecule has 20 heavy (non-hydrogen) atoms. The normalized spacial score (nSPS) is 23.7. The molecule has 1 aromatic carbocycles. The van der Waals surface area contributed by atoms with Gasteiger partial charge in [-0.15, -0.1) is 0 Å². The number of anilines is 1. The van der Waals surface area contributed by atoms with Gasteiger partial charge in [0.2, 0.25) is 0 Å². The molecule has 0 bridgehead atoms. The first-order valence-electron chi connectivity index (χ1n) is 7.61. The largest absolute Gasteiger partial charge is 0.377 e. The van der Waals surface area contributed by atoms with Crippen LogP contribution in [-0.2, 0) is 11.3 Å². The molecule has 0 radical (unpaired) electrons. The molecular weight excluding hydrogens is 272 g/mol. The highest BCUT2D eigenvalue weighted by Crippen LogP contribution is 2.26. The SMILES string of the molecule is CC1CN(c2ccc(CNC3CC3)c(Cl)c2)CCCO1. The van der Waals surface area contributed by atoms with Gasteiger partial charge in [-0.3, -0.25) is 0 Å². The Bertz CT molecular complexity index is 462. The zero-order valence-corrected chi connectivity index (χ0v) is 12.8. The molecular formula is C16H23ClN2O. The first kappa shape index (κ1) is 14.2. The molecule has 1 heterocycles. The monoisotopic (exact) mass is 294 g/mol. The van der Waals surface area contributed by atoms with Crippen molar-refractivity contribution in [3.63, 3.8) is 0 Å². The van der Waals surface area contributed by atoms with Crippen LogP contribution in [0.4, 0.5) is 5.69 Å². The molecule has 1 saturated carbocycles. The Morgan fingerprint density at radius 2 is 2.25 bits per heavy atom. The molecule has 1 N–H and O–H groups in total. The van der Waals surface area contributed by atoms with E-state index in [1.54, 1.807) is 0 Å². The fraction of sp³-hybridized carbons (Fsp3) is 0.625. The molecule has 1 atom stereocenters. The van der Waals surface area contributed by atoms with Crippen LogP contribution in [0.25, 0.3) is 0 Å². The lowest BCUT2D eigenvalue weighted by Gasteiger charge is -2.25. The minimum atomic E-state index is 0.285. The number of hydrogen-bond donors (Lipinski definition) is 1. The van der Waals surface area contributed by atoms with Crippen molar-refractivity contribution in [3.8, 4) is 0 Å². The van der Waals surface area contributed by atoms with Crippen LogP contribution in [0.3, 0.4) is 0 Å². The van der Waals surface area contributed by atoms with Gasteiger partial charge in [-0.05, 0) is 43.9 Å². The maximum atomic E-state index is 6.43. The second-order valence-electron chi connectivity index (χ2n) is 5.91. The number of hydrogen-bond acceptors (Lipinski definition) is 3. The first-order chi connectivity index (χ1) is 9.72. The lowest BCUT2D eigenvalue weighted by molar-refractivity contribution is 0.0821. The molecule has 1 aromatic rings. The van der Waals surface area contributed by atoms with E-state index in [4.69, 9.17) is 16.3 Å². The van der Waals surface area contributed by atoms with E-state index in [-0.39, 0.29) is 6.10 Å². The van der Waals surface area contributed by atoms with Gasteiger partial charge in [0.15, 0.2) is 0 Å². The lowest BCUT2D eigenvalue weighted by Crippen LogP contribution is -2.30. The standard InChI is InChI=1S/C16H23ClN2O/c1-12-11-19(7-2-8-20-12)15-6-3-13(16(17)9-15)10-18-14-4-5-14/h3,6,9,12,14,18H,2,4-5,7-8,10-11H2,1H3. The van der Waals surface area contributed by atoms with E-state index < -0.39 is 0 Å². The van der Waals surface area contributed by atoms with E-state index in [0.29, 0.717) is 6.04 Å². The molecule has 3 nitrogen and oxygen atoms in total. The van der Waals surface area contributed by atoms with Gasteiger partial charge in [0.05, 0.1) is 6.10 Å². The number of rotatable bonds is 4. The van der Waals surface area contributed by atoms with Crippen LogP contribution in [0.2, 0.25) is 5.02 Å². The zero-order valence-electron chi connectivity index (χ0n) is 12.1. The Labute approximate surface area is 126 Å². The minimum Gasteiger partial charge on any atom is -0.377 e. The summed E-state index contributed by atoms with van der Waals surface area (Å²) in [5, 5.41) is 4.38. The maximum absolute atomic E-state index is 6.43.